The highest BCUT2D eigenvalue weighted by Crippen LogP contribution is 2.39. The molecule has 0 atom stereocenters. The van der Waals surface area contributed by atoms with Crippen molar-refractivity contribution >= 4 is 37.0 Å². The summed E-state index contributed by atoms with van der Waals surface area (Å²) in [6.07, 6.45) is 0. The third-order valence-electron chi connectivity index (χ3n) is 3.50. The van der Waals surface area contributed by atoms with Crippen LogP contribution in [0.3, 0.4) is 0 Å². The van der Waals surface area contributed by atoms with Crippen molar-refractivity contribution in [3.8, 4) is 22.1 Å². The van der Waals surface area contributed by atoms with Gasteiger partial charge in [-0.1, -0.05) is 30.3 Å². The van der Waals surface area contributed by atoms with Gasteiger partial charge in [0.25, 0.3) is 0 Å². The molecule has 0 aliphatic carbocycles. The maximum Gasteiger partial charge on any atom is 0.391 e. The smallest absolute Gasteiger partial charge is 0.391 e. The molecule has 4 aromatic rings. The van der Waals surface area contributed by atoms with Crippen molar-refractivity contribution < 1.29 is 14.2 Å². The quantitative estimate of drug-likeness (QED) is 0.563. The van der Waals surface area contributed by atoms with Crippen molar-refractivity contribution in [2.24, 2.45) is 0 Å². The second kappa shape index (κ2) is 5.26. The molecule has 0 unspecified atom stereocenters. The molecule has 22 heavy (non-hydrogen) atoms. The van der Waals surface area contributed by atoms with E-state index in [9.17, 15) is 5.11 Å². The Morgan fingerprint density at radius 3 is 2.68 bits per heavy atom. The molecule has 0 saturated carbocycles. The molecular formula is C17H14NO2S2+. The van der Waals surface area contributed by atoms with Crippen LogP contribution in [0.1, 0.15) is 6.92 Å². The Morgan fingerprint density at radius 2 is 1.91 bits per heavy atom. The van der Waals surface area contributed by atoms with E-state index >= 15 is 0 Å². The maximum absolute atomic E-state index is 10.7. The van der Waals surface area contributed by atoms with E-state index in [1.165, 1.54) is 0 Å². The van der Waals surface area contributed by atoms with E-state index in [0.29, 0.717) is 12.5 Å². The predicted octanol–water partition coefficient (Wildman–Crippen LogP) is 4.47. The first kappa shape index (κ1) is 13.5. The highest BCUT2D eigenvalue weighted by Gasteiger charge is 2.27. The van der Waals surface area contributed by atoms with Crippen LogP contribution in [0.5, 0.6) is 11.6 Å². The number of ether oxygens (including phenoxy) is 1. The number of fused-ring (bicyclic) bond motifs is 3. The average molecular weight is 328 g/mol. The molecule has 0 spiro atoms. The van der Waals surface area contributed by atoms with Crippen LogP contribution in [0.4, 0.5) is 0 Å². The Balaban J connectivity index is 1.93. The molecule has 0 fully saturated rings. The van der Waals surface area contributed by atoms with Gasteiger partial charge in [0, 0.05) is 17.7 Å². The summed E-state index contributed by atoms with van der Waals surface area (Å²) in [6, 6.07) is 16.0. The Bertz CT molecular complexity index is 957. The van der Waals surface area contributed by atoms with Gasteiger partial charge in [-0.05, 0) is 35.7 Å². The van der Waals surface area contributed by atoms with E-state index in [1.807, 2.05) is 59.9 Å². The van der Waals surface area contributed by atoms with E-state index in [0.717, 1.165) is 30.6 Å². The van der Waals surface area contributed by atoms with Gasteiger partial charge < -0.3 is 9.84 Å². The van der Waals surface area contributed by atoms with Crippen LogP contribution in [0.15, 0.2) is 48.5 Å². The number of thiazole rings is 2. The van der Waals surface area contributed by atoms with Crippen LogP contribution >= 0.6 is 22.7 Å². The summed E-state index contributed by atoms with van der Waals surface area (Å²) in [6.45, 7) is 2.63. The van der Waals surface area contributed by atoms with Crippen LogP contribution < -0.4 is 9.14 Å². The molecule has 2 aromatic carbocycles. The van der Waals surface area contributed by atoms with Gasteiger partial charge in [0.2, 0.25) is 5.52 Å². The van der Waals surface area contributed by atoms with E-state index in [4.69, 9.17) is 4.74 Å². The Labute approximate surface area is 135 Å². The molecule has 0 bridgehead atoms. The number of hydrogen-bond donors (Lipinski definition) is 1. The van der Waals surface area contributed by atoms with Crippen molar-refractivity contribution in [1.29, 1.82) is 0 Å². The van der Waals surface area contributed by atoms with E-state index in [2.05, 4.69) is 0 Å². The monoisotopic (exact) mass is 328 g/mol. The zero-order valence-electron chi connectivity index (χ0n) is 11.9. The van der Waals surface area contributed by atoms with Crippen LogP contribution in [0.2, 0.25) is 0 Å². The molecule has 3 nitrogen and oxygen atoms in total. The standard InChI is InChI=1S/C17H13NO2S2/c1-2-20-12-8-9-13-14(10-12)21-17-18(13)16(19)15(22-17)11-6-4-3-5-7-11/h3-10H,2H2,1H3/p+1. The lowest BCUT2D eigenvalue weighted by molar-refractivity contribution is -0.484. The highest BCUT2D eigenvalue weighted by molar-refractivity contribution is 7.39. The fourth-order valence-corrected chi connectivity index (χ4v) is 5.01. The second-order valence-corrected chi connectivity index (χ2v) is 7.17. The van der Waals surface area contributed by atoms with Crippen molar-refractivity contribution in [2.45, 2.75) is 6.92 Å². The topological polar surface area (TPSA) is 33.6 Å². The summed E-state index contributed by atoms with van der Waals surface area (Å²) in [5.41, 5.74) is 2.05. The SMILES string of the molecule is CCOc1ccc2c(c1)sc1sc(-c3ccccc3)c(O)[n+]12. The fraction of sp³-hybridized carbons (Fsp3) is 0.118. The molecule has 0 aliphatic heterocycles. The Hall–Kier alpha value is -2.11. The van der Waals surface area contributed by atoms with Crippen LogP contribution in [0, 0.1) is 0 Å². The summed E-state index contributed by atoms with van der Waals surface area (Å²) >= 11 is 3.29. The first-order valence-corrected chi connectivity index (χ1v) is 8.69. The molecule has 2 aromatic heterocycles. The fourth-order valence-electron chi connectivity index (χ4n) is 2.53. The number of nitrogens with zero attached hydrogens (tertiary/aromatic N) is 1. The normalized spacial score (nSPS) is 11.3. The zero-order valence-corrected chi connectivity index (χ0v) is 13.6. The lowest BCUT2D eigenvalue weighted by Crippen LogP contribution is -2.15. The average Bonchev–Trinajstić information content (AvgIpc) is 3.05. The molecule has 0 radical (unpaired) electrons. The van der Waals surface area contributed by atoms with Crippen LogP contribution in [0.25, 0.3) is 24.8 Å². The first-order chi connectivity index (χ1) is 10.8. The van der Waals surface area contributed by atoms with Crippen molar-refractivity contribution in [2.75, 3.05) is 6.61 Å². The molecule has 0 amide bonds. The molecule has 4 rings (SSSR count). The third-order valence-corrected chi connectivity index (χ3v) is 5.89. The van der Waals surface area contributed by atoms with E-state index < -0.39 is 0 Å². The molecule has 0 saturated heterocycles. The summed E-state index contributed by atoms with van der Waals surface area (Å²) in [4.78, 5) is 0.905. The van der Waals surface area contributed by atoms with E-state index in [1.54, 1.807) is 22.7 Å². The number of rotatable bonds is 3. The van der Waals surface area contributed by atoms with E-state index in [-0.39, 0.29) is 0 Å². The summed E-state index contributed by atoms with van der Waals surface area (Å²) in [7, 11) is 0. The summed E-state index contributed by atoms with van der Waals surface area (Å²) < 4.78 is 9.65. The van der Waals surface area contributed by atoms with Crippen molar-refractivity contribution in [3.05, 3.63) is 48.5 Å². The Morgan fingerprint density at radius 1 is 1.09 bits per heavy atom. The van der Waals surface area contributed by atoms with Gasteiger partial charge in [-0.25, -0.2) is 0 Å². The molecule has 5 heteroatoms. The molecule has 0 aliphatic rings. The molecule has 110 valence electrons. The number of aromatic nitrogens is 1. The van der Waals surface area contributed by atoms with Gasteiger partial charge in [0.05, 0.1) is 6.61 Å². The molecule has 1 N–H and O–H groups in total. The van der Waals surface area contributed by atoms with Crippen molar-refractivity contribution in [1.82, 2.24) is 0 Å². The minimum absolute atomic E-state index is 0.307. The molecular weight excluding hydrogens is 314 g/mol. The van der Waals surface area contributed by atoms with Gasteiger partial charge in [-0.15, -0.1) is 4.40 Å². The Kier molecular flexibility index (Phi) is 3.24. The minimum Gasteiger partial charge on any atom is -0.494 e. The number of hydrogen-bond acceptors (Lipinski definition) is 4. The number of aromatic hydroxyl groups is 1. The largest absolute Gasteiger partial charge is 0.494 e. The lowest BCUT2D eigenvalue weighted by Gasteiger charge is -2.00. The van der Waals surface area contributed by atoms with Crippen molar-refractivity contribution in [3.63, 3.8) is 0 Å². The highest BCUT2D eigenvalue weighted by atomic mass is 32.2. The van der Waals surface area contributed by atoms with Crippen LogP contribution in [-0.2, 0) is 0 Å². The minimum atomic E-state index is 0.307. The number of benzene rings is 2. The van der Waals surface area contributed by atoms with Gasteiger partial charge in [0.1, 0.15) is 10.4 Å². The summed E-state index contributed by atoms with van der Waals surface area (Å²) in [5.74, 6) is 1.17. The third kappa shape index (κ3) is 2.05. The molecule has 2 heterocycles. The second-order valence-electron chi connectivity index (χ2n) is 4.89. The zero-order chi connectivity index (χ0) is 15.1. The predicted molar refractivity (Wildman–Crippen MR) is 91.1 cm³/mol. The lowest BCUT2D eigenvalue weighted by atomic mass is 10.2. The first-order valence-electron chi connectivity index (χ1n) is 7.06. The maximum atomic E-state index is 10.7. The van der Waals surface area contributed by atoms with Gasteiger partial charge >= 0.3 is 10.0 Å². The van der Waals surface area contributed by atoms with Crippen LogP contribution in [-0.4, -0.2) is 11.7 Å². The summed E-state index contributed by atoms with van der Waals surface area (Å²) in [5, 5.41) is 10.7. The van der Waals surface area contributed by atoms with Gasteiger partial charge in [-0.3, -0.25) is 0 Å². The van der Waals surface area contributed by atoms with Gasteiger partial charge in [0.15, 0.2) is 4.88 Å². The van der Waals surface area contributed by atoms with Gasteiger partial charge in [-0.2, -0.15) is 0 Å².